The predicted molar refractivity (Wildman–Crippen MR) is 70.4 cm³/mol. The molecule has 1 aliphatic heterocycles. The summed E-state index contributed by atoms with van der Waals surface area (Å²) in [6.45, 7) is 3.18. The molecule has 0 amide bonds. The van der Waals surface area contributed by atoms with Crippen LogP contribution in [0.4, 0.5) is 0 Å². The van der Waals surface area contributed by atoms with E-state index in [1.165, 1.54) is 18.4 Å². The van der Waals surface area contributed by atoms with Gasteiger partial charge in [-0.2, -0.15) is 0 Å². The van der Waals surface area contributed by atoms with Crippen molar-refractivity contribution in [3.05, 3.63) is 35.4 Å². The van der Waals surface area contributed by atoms with Crippen molar-refractivity contribution in [1.82, 2.24) is 5.32 Å². The molecule has 2 rings (SSSR count). The lowest BCUT2D eigenvalue weighted by Gasteiger charge is -2.09. The van der Waals surface area contributed by atoms with Gasteiger partial charge in [0.2, 0.25) is 0 Å². The number of carbonyl (C=O) groups excluding carboxylic acids is 1. The second-order valence-corrected chi connectivity index (χ2v) is 4.81. The number of carbonyl (C=O) groups is 1. The smallest absolute Gasteiger partial charge is 0.179 e. The first-order valence-electron chi connectivity index (χ1n) is 6.68. The third kappa shape index (κ3) is 3.16. The normalized spacial score (nSPS) is 19.5. The molecule has 1 heterocycles. The summed E-state index contributed by atoms with van der Waals surface area (Å²) in [6, 6.07) is 8.20. The van der Waals surface area contributed by atoms with E-state index in [4.69, 9.17) is 0 Å². The van der Waals surface area contributed by atoms with Crippen LogP contribution in [0.25, 0.3) is 0 Å². The van der Waals surface area contributed by atoms with Crippen LogP contribution in [0.3, 0.4) is 0 Å². The number of unbranched alkanes of at least 4 members (excludes halogenated alkanes) is 1. The number of hydrogen-bond acceptors (Lipinski definition) is 2. The zero-order chi connectivity index (χ0) is 12.1. The van der Waals surface area contributed by atoms with Crippen LogP contribution in [-0.2, 0) is 6.42 Å². The Morgan fingerprint density at radius 3 is 2.71 bits per heavy atom. The second kappa shape index (κ2) is 5.97. The predicted octanol–water partition coefficient (Wildman–Crippen LogP) is 2.96. The van der Waals surface area contributed by atoms with Crippen LogP contribution in [0.2, 0.25) is 0 Å². The van der Waals surface area contributed by atoms with E-state index in [2.05, 4.69) is 24.4 Å². The van der Waals surface area contributed by atoms with Gasteiger partial charge in [0.05, 0.1) is 6.04 Å². The van der Waals surface area contributed by atoms with E-state index in [0.717, 1.165) is 31.4 Å². The van der Waals surface area contributed by atoms with Crippen LogP contribution in [0, 0.1) is 0 Å². The fraction of sp³-hybridized carbons (Fsp3) is 0.533. The minimum atomic E-state index is 0.0523. The lowest BCUT2D eigenvalue weighted by atomic mass is 10.00. The lowest BCUT2D eigenvalue weighted by molar-refractivity contribution is 0.0952. The number of Topliss-reactive ketones (excluding diaryl/α,β-unsaturated/α-hetero) is 1. The molecule has 1 atom stereocenters. The van der Waals surface area contributed by atoms with Gasteiger partial charge in [-0.3, -0.25) is 4.79 Å². The lowest BCUT2D eigenvalue weighted by Crippen LogP contribution is -2.30. The van der Waals surface area contributed by atoms with Crippen LogP contribution in [0.1, 0.15) is 48.5 Å². The number of rotatable bonds is 5. The van der Waals surface area contributed by atoms with E-state index in [9.17, 15) is 4.79 Å². The third-order valence-corrected chi connectivity index (χ3v) is 3.43. The molecule has 1 saturated heterocycles. The van der Waals surface area contributed by atoms with Crippen molar-refractivity contribution in [1.29, 1.82) is 0 Å². The summed E-state index contributed by atoms with van der Waals surface area (Å²) in [5.74, 6) is 0.254. The molecule has 0 saturated carbocycles. The molecule has 1 fully saturated rings. The van der Waals surface area contributed by atoms with Gasteiger partial charge in [0.25, 0.3) is 0 Å². The first kappa shape index (κ1) is 12.3. The second-order valence-electron chi connectivity index (χ2n) is 4.81. The van der Waals surface area contributed by atoms with Gasteiger partial charge in [-0.1, -0.05) is 37.6 Å². The van der Waals surface area contributed by atoms with Crippen molar-refractivity contribution in [2.75, 3.05) is 6.54 Å². The first-order chi connectivity index (χ1) is 8.31. The highest BCUT2D eigenvalue weighted by atomic mass is 16.1. The molecule has 17 heavy (non-hydrogen) atoms. The molecule has 92 valence electrons. The maximum absolute atomic E-state index is 12.1. The molecule has 1 unspecified atom stereocenters. The van der Waals surface area contributed by atoms with Crippen LogP contribution in [0.5, 0.6) is 0 Å². The molecule has 0 spiro atoms. The summed E-state index contributed by atoms with van der Waals surface area (Å²) in [5, 5.41) is 3.25. The largest absolute Gasteiger partial charge is 0.307 e. The van der Waals surface area contributed by atoms with Gasteiger partial charge >= 0.3 is 0 Å². The Morgan fingerprint density at radius 2 is 2.12 bits per heavy atom. The van der Waals surface area contributed by atoms with Crippen molar-refractivity contribution in [2.45, 2.75) is 45.1 Å². The summed E-state index contributed by atoms with van der Waals surface area (Å²) in [4.78, 5) is 12.1. The number of nitrogens with one attached hydrogen (secondary N) is 1. The summed E-state index contributed by atoms with van der Waals surface area (Å²) < 4.78 is 0. The zero-order valence-corrected chi connectivity index (χ0v) is 10.5. The molecule has 1 aromatic carbocycles. The van der Waals surface area contributed by atoms with Crippen LogP contribution >= 0.6 is 0 Å². The quantitative estimate of drug-likeness (QED) is 0.789. The zero-order valence-electron chi connectivity index (χ0n) is 10.5. The highest BCUT2D eigenvalue weighted by Gasteiger charge is 2.22. The van der Waals surface area contributed by atoms with E-state index in [1.807, 2.05) is 12.1 Å². The van der Waals surface area contributed by atoms with E-state index in [0.29, 0.717) is 0 Å². The van der Waals surface area contributed by atoms with E-state index >= 15 is 0 Å². The summed E-state index contributed by atoms with van der Waals surface area (Å²) in [7, 11) is 0. The molecule has 2 heteroatoms. The molecule has 0 aliphatic carbocycles. The maximum Gasteiger partial charge on any atom is 0.179 e. The van der Waals surface area contributed by atoms with E-state index < -0.39 is 0 Å². The average Bonchev–Trinajstić information content (AvgIpc) is 2.90. The molecular formula is C15H21NO. The molecule has 1 aliphatic rings. The fourth-order valence-corrected chi connectivity index (χ4v) is 2.33. The van der Waals surface area contributed by atoms with Crippen molar-refractivity contribution >= 4 is 5.78 Å². The van der Waals surface area contributed by atoms with E-state index in [-0.39, 0.29) is 11.8 Å². The number of ketones is 1. The highest BCUT2D eigenvalue weighted by molar-refractivity contribution is 6.00. The molecule has 1 N–H and O–H groups in total. The molecular weight excluding hydrogens is 210 g/mol. The standard InChI is InChI=1S/C15H21NO/c1-2-3-5-12-7-9-13(10-8-12)15(17)14-6-4-11-16-14/h7-10,14,16H,2-6,11H2,1H3. The topological polar surface area (TPSA) is 29.1 Å². The molecule has 2 nitrogen and oxygen atoms in total. The first-order valence-corrected chi connectivity index (χ1v) is 6.68. The molecule has 1 aromatic rings. The summed E-state index contributed by atoms with van der Waals surface area (Å²) in [5.41, 5.74) is 2.19. The van der Waals surface area contributed by atoms with Gasteiger partial charge in [-0.15, -0.1) is 0 Å². The van der Waals surface area contributed by atoms with Crippen molar-refractivity contribution in [3.8, 4) is 0 Å². The monoisotopic (exact) mass is 231 g/mol. The Labute approximate surface area is 103 Å². The Kier molecular flexibility index (Phi) is 4.32. The minimum Gasteiger partial charge on any atom is -0.307 e. The van der Waals surface area contributed by atoms with Crippen LogP contribution in [0.15, 0.2) is 24.3 Å². The Balaban J connectivity index is 1.99. The van der Waals surface area contributed by atoms with Crippen LogP contribution in [-0.4, -0.2) is 18.4 Å². The number of aryl methyl sites for hydroxylation is 1. The maximum atomic E-state index is 12.1. The van der Waals surface area contributed by atoms with Gasteiger partial charge in [-0.25, -0.2) is 0 Å². The van der Waals surface area contributed by atoms with Crippen molar-refractivity contribution in [3.63, 3.8) is 0 Å². The highest BCUT2D eigenvalue weighted by Crippen LogP contribution is 2.14. The van der Waals surface area contributed by atoms with Gasteiger partial charge in [0, 0.05) is 5.56 Å². The van der Waals surface area contributed by atoms with Crippen molar-refractivity contribution < 1.29 is 4.79 Å². The Hall–Kier alpha value is -1.15. The summed E-state index contributed by atoms with van der Waals surface area (Å²) in [6.07, 6.45) is 5.65. The molecule has 0 radical (unpaired) electrons. The molecule has 0 bridgehead atoms. The average molecular weight is 231 g/mol. The third-order valence-electron chi connectivity index (χ3n) is 3.43. The van der Waals surface area contributed by atoms with Gasteiger partial charge in [-0.05, 0) is 37.8 Å². The van der Waals surface area contributed by atoms with Crippen molar-refractivity contribution in [2.24, 2.45) is 0 Å². The van der Waals surface area contributed by atoms with Gasteiger partial charge < -0.3 is 5.32 Å². The fourth-order valence-electron chi connectivity index (χ4n) is 2.33. The Morgan fingerprint density at radius 1 is 1.35 bits per heavy atom. The van der Waals surface area contributed by atoms with E-state index in [1.54, 1.807) is 0 Å². The SMILES string of the molecule is CCCCc1ccc(C(=O)C2CCCN2)cc1. The summed E-state index contributed by atoms with van der Waals surface area (Å²) >= 11 is 0. The minimum absolute atomic E-state index is 0.0523. The van der Waals surface area contributed by atoms with Crippen LogP contribution < -0.4 is 5.32 Å². The van der Waals surface area contributed by atoms with Gasteiger partial charge in [0.15, 0.2) is 5.78 Å². The van der Waals surface area contributed by atoms with Gasteiger partial charge in [0.1, 0.15) is 0 Å². The number of benzene rings is 1. The Bertz CT molecular complexity index is 363. The molecule has 0 aromatic heterocycles. The number of hydrogen-bond donors (Lipinski definition) is 1.